The molecular weight excluding hydrogens is 286 g/mol. The Balaban J connectivity index is 2.03. The maximum Gasteiger partial charge on any atom is 0.306 e. The van der Waals surface area contributed by atoms with E-state index in [1.165, 1.54) is 14.2 Å². The van der Waals surface area contributed by atoms with Gasteiger partial charge in [-0.05, 0) is 37.8 Å². The minimum absolute atomic E-state index is 0.000919. The van der Waals surface area contributed by atoms with Crippen LogP contribution in [0.5, 0.6) is 11.5 Å². The molecule has 0 aliphatic heterocycles. The lowest BCUT2D eigenvalue weighted by atomic mass is 9.86. The number of rotatable bonds is 5. The molecule has 1 fully saturated rings. The molecule has 1 aromatic rings. The fourth-order valence-corrected chi connectivity index (χ4v) is 2.81. The number of hydrogen-bond acceptors (Lipinski definition) is 4. The molecule has 0 saturated heterocycles. The first-order valence-corrected chi connectivity index (χ1v) is 7.31. The largest absolute Gasteiger partial charge is 0.493 e. The number of carbonyl (C=O) groups is 2. The molecule has 22 heavy (non-hydrogen) atoms. The van der Waals surface area contributed by atoms with Gasteiger partial charge in [0.15, 0.2) is 11.5 Å². The van der Waals surface area contributed by atoms with Gasteiger partial charge in [0.05, 0.1) is 25.7 Å². The Labute approximate surface area is 129 Å². The Morgan fingerprint density at radius 2 is 1.82 bits per heavy atom. The van der Waals surface area contributed by atoms with Crippen LogP contribution in [0, 0.1) is 5.92 Å². The maximum absolute atomic E-state index is 12.4. The minimum Gasteiger partial charge on any atom is -0.493 e. The van der Waals surface area contributed by atoms with Crippen molar-refractivity contribution in [2.24, 2.45) is 5.92 Å². The van der Waals surface area contributed by atoms with E-state index in [2.05, 4.69) is 5.32 Å². The van der Waals surface area contributed by atoms with Crippen LogP contribution in [-0.2, 0) is 4.79 Å². The molecular formula is C16H21NO5. The molecule has 1 aliphatic rings. The third-order valence-corrected chi connectivity index (χ3v) is 4.06. The summed E-state index contributed by atoms with van der Waals surface area (Å²) in [4.78, 5) is 23.4. The van der Waals surface area contributed by atoms with Gasteiger partial charge < -0.3 is 19.9 Å². The lowest BCUT2D eigenvalue weighted by Crippen LogP contribution is -2.38. The molecule has 2 rings (SSSR count). The fourth-order valence-electron chi connectivity index (χ4n) is 2.81. The van der Waals surface area contributed by atoms with Crippen molar-refractivity contribution in [3.63, 3.8) is 0 Å². The number of carbonyl (C=O) groups excluding carboxylic acids is 1. The van der Waals surface area contributed by atoms with Crippen molar-refractivity contribution in [3.05, 3.63) is 23.8 Å². The Morgan fingerprint density at radius 1 is 1.14 bits per heavy atom. The molecule has 1 aliphatic carbocycles. The summed E-state index contributed by atoms with van der Waals surface area (Å²) in [5, 5.41) is 11.9. The predicted molar refractivity (Wildman–Crippen MR) is 80.4 cm³/mol. The van der Waals surface area contributed by atoms with E-state index in [1.807, 2.05) is 0 Å². The summed E-state index contributed by atoms with van der Waals surface area (Å²) in [7, 11) is 3.01. The van der Waals surface area contributed by atoms with Crippen molar-refractivity contribution in [1.29, 1.82) is 0 Å². The van der Waals surface area contributed by atoms with Crippen LogP contribution in [0.4, 0.5) is 0 Å². The highest BCUT2D eigenvalue weighted by molar-refractivity contribution is 5.98. The van der Waals surface area contributed by atoms with Crippen molar-refractivity contribution in [3.8, 4) is 11.5 Å². The van der Waals surface area contributed by atoms with Gasteiger partial charge in [-0.3, -0.25) is 9.59 Å². The summed E-state index contributed by atoms with van der Waals surface area (Å²) in [5.41, 5.74) is 0.419. The molecule has 0 radical (unpaired) electrons. The molecule has 6 heteroatoms. The van der Waals surface area contributed by atoms with Gasteiger partial charge in [-0.15, -0.1) is 0 Å². The number of aliphatic carboxylic acids is 1. The van der Waals surface area contributed by atoms with E-state index in [9.17, 15) is 9.59 Å². The van der Waals surface area contributed by atoms with E-state index in [0.29, 0.717) is 42.7 Å². The van der Waals surface area contributed by atoms with Crippen molar-refractivity contribution in [2.45, 2.75) is 31.7 Å². The number of methoxy groups -OCH3 is 2. The van der Waals surface area contributed by atoms with E-state index >= 15 is 0 Å². The number of para-hydroxylation sites is 1. The zero-order valence-corrected chi connectivity index (χ0v) is 12.8. The van der Waals surface area contributed by atoms with Gasteiger partial charge in [0.25, 0.3) is 5.91 Å². The number of nitrogens with one attached hydrogen (secondary N) is 1. The van der Waals surface area contributed by atoms with E-state index in [-0.39, 0.29) is 17.9 Å². The maximum atomic E-state index is 12.4. The van der Waals surface area contributed by atoms with E-state index < -0.39 is 5.97 Å². The minimum atomic E-state index is -0.751. The lowest BCUT2D eigenvalue weighted by Gasteiger charge is -2.27. The van der Waals surface area contributed by atoms with Gasteiger partial charge in [0.1, 0.15) is 0 Å². The van der Waals surface area contributed by atoms with Crippen LogP contribution in [0.1, 0.15) is 36.0 Å². The normalized spacial score (nSPS) is 21.0. The second-order valence-corrected chi connectivity index (χ2v) is 5.40. The molecule has 0 unspecified atom stereocenters. The van der Waals surface area contributed by atoms with E-state index in [4.69, 9.17) is 14.6 Å². The second-order valence-electron chi connectivity index (χ2n) is 5.40. The van der Waals surface area contributed by atoms with Gasteiger partial charge in [-0.2, -0.15) is 0 Å². The molecule has 2 N–H and O–H groups in total. The Hall–Kier alpha value is -2.24. The summed E-state index contributed by atoms with van der Waals surface area (Å²) < 4.78 is 10.4. The zero-order chi connectivity index (χ0) is 16.1. The molecule has 1 aromatic carbocycles. The fraction of sp³-hybridized carbons (Fsp3) is 0.500. The Kier molecular flexibility index (Phi) is 5.25. The Morgan fingerprint density at radius 3 is 2.36 bits per heavy atom. The number of amides is 1. The van der Waals surface area contributed by atoms with E-state index in [0.717, 1.165) is 0 Å². The summed E-state index contributed by atoms with van der Waals surface area (Å²) >= 11 is 0. The first-order valence-electron chi connectivity index (χ1n) is 7.31. The SMILES string of the molecule is COc1cccc(C(=O)NC2CCC(C(=O)O)CC2)c1OC. The van der Waals surface area contributed by atoms with Crippen molar-refractivity contribution in [1.82, 2.24) is 5.32 Å². The molecule has 0 aromatic heterocycles. The molecule has 0 heterocycles. The van der Waals surface area contributed by atoms with Gasteiger partial charge in [0.2, 0.25) is 0 Å². The van der Waals surface area contributed by atoms with Crippen LogP contribution in [0.2, 0.25) is 0 Å². The molecule has 1 saturated carbocycles. The van der Waals surface area contributed by atoms with Crippen LogP contribution in [0.3, 0.4) is 0 Å². The molecule has 1 amide bonds. The highest BCUT2D eigenvalue weighted by atomic mass is 16.5. The van der Waals surface area contributed by atoms with Crippen LogP contribution >= 0.6 is 0 Å². The number of benzene rings is 1. The number of carboxylic acids is 1. The summed E-state index contributed by atoms with van der Waals surface area (Å²) in [6.07, 6.45) is 2.54. The van der Waals surface area contributed by atoms with Crippen molar-refractivity contribution in [2.75, 3.05) is 14.2 Å². The molecule has 0 bridgehead atoms. The average molecular weight is 307 g/mol. The van der Waals surface area contributed by atoms with Gasteiger partial charge in [-0.25, -0.2) is 0 Å². The molecule has 6 nitrogen and oxygen atoms in total. The molecule has 0 spiro atoms. The quantitative estimate of drug-likeness (QED) is 0.870. The summed E-state index contributed by atoms with van der Waals surface area (Å²) in [6.45, 7) is 0. The first kappa shape index (κ1) is 16.1. The number of hydrogen-bond donors (Lipinski definition) is 2. The summed E-state index contributed by atoms with van der Waals surface area (Å²) in [5.74, 6) is -0.361. The predicted octanol–water partition coefficient (Wildman–Crippen LogP) is 2.08. The molecule has 0 atom stereocenters. The highest BCUT2D eigenvalue weighted by Crippen LogP contribution is 2.31. The standard InChI is InChI=1S/C16H21NO5/c1-21-13-5-3-4-12(14(13)22-2)15(18)17-11-8-6-10(7-9-11)16(19)20/h3-5,10-11H,6-9H2,1-2H3,(H,17,18)(H,19,20). The second kappa shape index (κ2) is 7.15. The van der Waals surface area contributed by atoms with Crippen LogP contribution < -0.4 is 14.8 Å². The smallest absolute Gasteiger partial charge is 0.306 e. The van der Waals surface area contributed by atoms with Gasteiger partial charge in [0, 0.05) is 6.04 Å². The average Bonchev–Trinajstić information content (AvgIpc) is 2.54. The van der Waals surface area contributed by atoms with Gasteiger partial charge in [-0.1, -0.05) is 6.07 Å². The van der Waals surface area contributed by atoms with Crippen molar-refractivity contribution >= 4 is 11.9 Å². The van der Waals surface area contributed by atoms with Gasteiger partial charge >= 0.3 is 5.97 Å². The lowest BCUT2D eigenvalue weighted by molar-refractivity contribution is -0.142. The van der Waals surface area contributed by atoms with E-state index in [1.54, 1.807) is 18.2 Å². The monoisotopic (exact) mass is 307 g/mol. The van der Waals surface area contributed by atoms with Crippen LogP contribution in [-0.4, -0.2) is 37.2 Å². The number of carboxylic acid groups (broad SMARTS) is 1. The van der Waals surface area contributed by atoms with Crippen LogP contribution in [0.25, 0.3) is 0 Å². The Bertz CT molecular complexity index is 549. The first-order chi connectivity index (χ1) is 10.6. The topological polar surface area (TPSA) is 84.9 Å². The molecule has 120 valence electrons. The third-order valence-electron chi connectivity index (χ3n) is 4.06. The highest BCUT2D eigenvalue weighted by Gasteiger charge is 2.27. The van der Waals surface area contributed by atoms with Crippen LogP contribution in [0.15, 0.2) is 18.2 Å². The van der Waals surface area contributed by atoms with Crippen molar-refractivity contribution < 1.29 is 24.2 Å². The third kappa shape index (κ3) is 3.50. The zero-order valence-electron chi connectivity index (χ0n) is 12.8. The summed E-state index contributed by atoms with van der Waals surface area (Å²) in [6, 6.07) is 5.14. The number of ether oxygens (including phenoxy) is 2.